The zero-order valence-corrected chi connectivity index (χ0v) is 13.9. The number of H-pyrrole nitrogens is 1. The Balaban J connectivity index is 1.80. The minimum absolute atomic E-state index is 0.00222. The molecule has 1 atom stereocenters. The van der Waals surface area contributed by atoms with Crippen LogP contribution in [0, 0.1) is 5.41 Å². The highest BCUT2D eigenvalue weighted by Crippen LogP contribution is 2.38. The van der Waals surface area contributed by atoms with Crippen LogP contribution in [-0.4, -0.2) is 31.0 Å². The number of alkyl halides is 1. The Morgan fingerprint density at radius 2 is 1.92 bits per heavy atom. The standard InChI is InChI=1S/C17H13BrN4O2/c18-15-14(24)13(17-20-11-6-1-2-7-12(11)21-17)16(19)22(15)9-4-3-5-10(23)8-9/h1-8,15,19,23-24H,(H,20,21)/t15-/m0/s1. The molecular formula is C17H13BrN4O2. The summed E-state index contributed by atoms with van der Waals surface area (Å²) < 4.78 is 0. The van der Waals surface area contributed by atoms with Gasteiger partial charge in [0.1, 0.15) is 33.7 Å². The molecule has 0 fully saturated rings. The number of nitrogens with one attached hydrogen (secondary N) is 2. The van der Waals surface area contributed by atoms with Crippen LogP contribution in [0.1, 0.15) is 5.82 Å². The minimum atomic E-state index is -0.602. The fourth-order valence-corrected chi connectivity index (χ4v) is 3.47. The van der Waals surface area contributed by atoms with E-state index < -0.39 is 4.95 Å². The van der Waals surface area contributed by atoms with Crippen LogP contribution >= 0.6 is 15.9 Å². The average Bonchev–Trinajstić information content (AvgIpc) is 3.07. The van der Waals surface area contributed by atoms with Gasteiger partial charge in [-0.2, -0.15) is 0 Å². The molecule has 4 rings (SSSR count). The molecule has 0 saturated carbocycles. The SMILES string of the molecule is N=C1C(c2nc3ccccc3[nH]2)=C(O)[C@@H](Br)N1c1cccc(O)c1. The van der Waals surface area contributed by atoms with Crippen molar-refractivity contribution in [3.05, 3.63) is 60.1 Å². The van der Waals surface area contributed by atoms with Crippen LogP contribution in [0.5, 0.6) is 5.75 Å². The Kier molecular flexibility index (Phi) is 3.31. The van der Waals surface area contributed by atoms with E-state index in [1.165, 1.54) is 6.07 Å². The van der Waals surface area contributed by atoms with Crippen LogP contribution in [0.4, 0.5) is 5.69 Å². The topological polar surface area (TPSA) is 96.2 Å². The number of hydrogen-bond acceptors (Lipinski definition) is 4. The van der Waals surface area contributed by atoms with Gasteiger partial charge in [0.05, 0.1) is 11.0 Å². The molecule has 0 saturated heterocycles. The van der Waals surface area contributed by atoms with Gasteiger partial charge in [0.15, 0.2) is 0 Å². The molecule has 4 N–H and O–H groups in total. The Morgan fingerprint density at radius 3 is 2.67 bits per heavy atom. The quantitative estimate of drug-likeness (QED) is 0.399. The van der Waals surface area contributed by atoms with E-state index in [2.05, 4.69) is 25.9 Å². The van der Waals surface area contributed by atoms with Gasteiger partial charge in [0, 0.05) is 11.8 Å². The van der Waals surface area contributed by atoms with Crippen molar-refractivity contribution in [1.82, 2.24) is 9.97 Å². The number of amidine groups is 1. The number of aromatic hydroxyl groups is 1. The smallest absolute Gasteiger partial charge is 0.149 e. The molecule has 7 heteroatoms. The van der Waals surface area contributed by atoms with E-state index in [1.807, 2.05) is 24.3 Å². The average molecular weight is 385 g/mol. The van der Waals surface area contributed by atoms with Crippen molar-refractivity contribution in [1.29, 1.82) is 5.41 Å². The van der Waals surface area contributed by atoms with Crippen LogP contribution in [0.15, 0.2) is 54.3 Å². The first-order valence-electron chi connectivity index (χ1n) is 7.26. The first-order valence-corrected chi connectivity index (χ1v) is 8.17. The predicted octanol–water partition coefficient (Wildman–Crippen LogP) is 3.76. The molecule has 0 aliphatic carbocycles. The van der Waals surface area contributed by atoms with Gasteiger partial charge in [-0.3, -0.25) is 5.41 Å². The molecule has 6 nitrogen and oxygen atoms in total. The number of benzene rings is 2. The normalized spacial score (nSPS) is 18.0. The third-order valence-electron chi connectivity index (χ3n) is 3.92. The number of hydrogen-bond donors (Lipinski definition) is 4. The lowest BCUT2D eigenvalue weighted by Gasteiger charge is -2.23. The highest BCUT2D eigenvalue weighted by atomic mass is 79.9. The lowest BCUT2D eigenvalue weighted by molar-refractivity contribution is 0.405. The monoisotopic (exact) mass is 384 g/mol. The minimum Gasteiger partial charge on any atom is -0.508 e. The molecule has 0 spiro atoms. The molecular weight excluding hydrogens is 372 g/mol. The fourth-order valence-electron chi connectivity index (χ4n) is 2.80. The summed E-state index contributed by atoms with van der Waals surface area (Å²) in [5, 5.41) is 28.7. The number of aliphatic hydroxyl groups is 1. The summed E-state index contributed by atoms with van der Waals surface area (Å²) in [4.78, 5) is 8.58. The third kappa shape index (κ3) is 2.16. The summed E-state index contributed by atoms with van der Waals surface area (Å²) in [6.45, 7) is 0. The highest BCUT2D eigenvalue weighted by molar-refractivity contribution is 9.09. The van der Waals surface area contributed by atoms with Gasteiger partial charge in [0.2, 0.25) is 0 Å². The maximum Gasteiger partial charge on any atom is 0.149 e. The van der Waals surface area contributed by atoms with Crippen LogP contribution in [-0.2, 0) is 0 Å². The number of phenolic OH excluding ortho intramolecular Hbond substituents is 1. The Labute approximate surface area is 145 Å². The van der Waals surface area contributed by atoms with Crippen molar-refractivity contribution >= 4 is 44.1 Å². The number of aromatic amines is 1. The lowest BCUT2D eigenvalue weighted by Crippen LogP contribution is -2.31. The molecule has 1 aliphatic heterocycles. The van der Waals surface area contributed by atoms with Crippen molar-refractivity contribution in [2.24, 2.45) is 0 Å². The molecule has 0 radical (unpaired) electrons. The van der Waals surface area contributed by atoms with E-state index >= 15 is 0 Å². The van der Waals surface area contributed by atoms with Gasteiger partial charge in [-0.25, -0.2) is 4.98 Å². The molecule has 1 aliphatic rings. The van der Waals surface area contributed by atoms with Gasteiger partial charge < -0.3 is 20.1 Å². The number of nitrogens with zero attached hydrogens (tertiary/aromatic N) is 2. The predicted molar refractivity (Wildman–Crippen MR) is 96.7 cm³/mol. The Morgan fingerprint density at radius 1 is 1.12 bits per heavy atom. The Bertz CT molecular complexity index is 962. The number of aliphatic hydroxyl groups excluding tert-OH is 1. The summed E-state index contributed by atoms with van der Waals surface area (Å²) in [5.41, 5.74) is 2.53. The van der Waals surface area contributed by atoms with Crippen molar-refractivity contribution in [3.63, 3.8) is 0 Å². The van der Waals surface area contributed by atoms with Gasteiger partial charge >= 0.3 is 0 Å². The van der Waals surface area contributed by atoms with Crippen LogP contribution in [0.2, 0.25) is 0 Å². The van der Waals surface area contributed by atoms with E-state index in [9.17, 15) is 10.2 Å². The van der Waals surface area contributed by atoms with Gasteiger partial charge in [-0.15, -0.1) is 0 Å². The van der Waals surface area contributed by atoms with Crippen LogP contribution in [0.25, 0.3) is 16.6 Å². The second-order valence-corrected chi connectivity index (χ2v) is 6.30. The zero-order valence-electron chi connectivity index (χ0n) is 12.4. The number of imidazole rings is 1. The molecule has 1 aromatic heterocycles. The van der Waals surface area contributed by atoms with Crippen LogP contribution < -0.4 is 4.90 Å². The first kappa shape index (κ1) is 14.8. The molecule has 2 aromatic carbocycles. The third-order valence-corrected chi connectivity index (χ3v) is 4.76. The maximum absolute atomic E-state index is 10.5. The number of para-hydroxylation sites is 2. The van der Waals surface area contributed by atoms with Crippen molar-refractivity contribution in [3.8, 4) is 5.75 Å². The number of fused-ring (bicyclic) bond motifs is 1. The van der Waals surface area contributed by atoms with E-state index in [0.717, 1.165) is 11.0 Å². The van der Waals surface area contributed by atoms with E-state index in [0.29, 0.717) is 17.1 Å². The molecule has 0 amide bonds. The number of anilines is 1. The largest absolute Gasteiger partial charge is 0.508 e. The highest BCUT2D eigenvalue weighted by Gasteiger charge is 2.38. The lowest BCUT2D eigenvalue weighted by atomic mass is 10.2. The molecule has 24 heavy (non-hydrogen) atoms. The van der Waals surface area contributed by atoms with Crippen molar-refractivity contribution < 1.29 is 10.2 Å². The van der Waals surface area contributed by atoms with Gasteiger partial charge in [-0.05, 0) is 24.3 Å². The van der Waals surface area contributed by atoms with Crippen molar-refractivity contribution in [2.45, 2.75) is 4.95 Å². The van der Waals surface area contributed by atoms with Gasteiger partial charge in [-0.1, -0.05) is 34.1 Å². The molecule has 3 aromatic rings. The number of aromatic nitrogens is 2. The molecule has 120 valence electrons. The van der Waals surface area contributed by atoms with E-state index in [-0.39, 0.29) is 17.3 Å². The Hall–Kier alpha value is -2.80. The first-order chi connectivity index (χ1) is 11.6. The summed E-state index contributed by atoms with van der Waals surface area (Å²) in [6.07, 6.45) is 0. The summed E-state index contributed by atoms with van der Waals surface area (Å²) in [5.74, 6) is 0.629. The summed E-state index contributed by atoms with van der Waals surface area (Å²) in [7, 11) is 0. The summed E-state index contributed by atoms with van der Waals surface area (Å²) in [6, 6.07) is 14.1. The second-order valence-electron chi connectivity index (χ2n) is 5.44. The molecule has 0 bridgehead atoms. The van der Waals surface area contributed by atoms with E-state index in [4.69, 9.17) is 5.41 Å². The zero-order chi connectivity index (χ0) is 16.8. The van der Waals surface area contributed by atoms with Crippen molar-refractivity contribution in [2.75, 3.05) is 4.90 Å². The fraction of sp³-hybridized carbons (Fsp3) is 0.0588. The molecule has 0 unspecified atom stereocenters. The summed E-state index contributed by atoms with van der Waals surface area (Å²) >= 11 is 3.41. The number of halogens is 1. The maximum atomic E-state index is 10.5. The van der Waals surface area contributed by atoms with Crippen LogP contribution in [0.3, 0.4) is 0 Å². The van der Waals surface area contributed by atoms with E-state index in [1.54, 1.807) is 23.1 Å². The number of phenols is 1. The van der Waals surface area contributed by atoms with Gasteiger partial charge in [0.25, 0.3) is 0 Å². The number of rotatable bonds is 2. The molecule has 2 heterocycles. The second kappa shape index (κ2) is 5.38.